The summed E-state index contributed by atoms with van der Waals surface area (Å²) in [7, 11) is -4.10. The lowest BCUT2D eigenvalue weighted by Crippen LogP contribution is -2.56. The van der Waals surface area contributed by atoms with Crippen LogP contribution in [0.4, 0.5) is 0 Å². The standard InChI is InChI=1S/C23H28ClN3O7S/c1-13-8-16(24)4-5-19(13)35(31,32)17-9-18(20(28)27-11-14(2)34-15(3)12-27)23(10-17,21(26)29)22(30)33-7-6-25/h4-5,8,14-15,17-18H,7,9-12H2,1-3H3,(H2,26,29)/t14-,15+,17-,18+,23-/m1/s1. The SMILES string of the molecule is Cc1cc(Cl)ccc1S(=O)(=O)[C@@H]1C[C@@H](C(=O)N2C[C@@H](C)O[C@@H](C)C2)[C@](C(N)=O)(C(=O)OCC#N)C1. The number of benzene rings is 1. The van der Waals surface area contributed by atoms with Crippen LogP contribution in [0.25, 0.3) is 0 Å². The highest BCUT2D eigenvalue weighted by Crippen LogP contribution is 2.49. The van der Waals surface area contributed by atoms with E-state index in [1.54, 1.807) is 26.8 Å². The van der Waals surface area contributed by atoms with Gasteiger partial charge in [-0.15, -0.1) is 0 Å². The Hall–Kier alpha value is -2.68. The molecule has 190 valence electrons. The van der Waals surface area contributed by atoms with Gasteiger partial charge in [-0.2, -0.15) is 5.26 Å². The number of aryl methyl sites for hydroxylation is 1. The molecule has 0 aromatic heterocycles. The predicted molar refractivity (Wildman–Crippen MR) is 125 cm³/mol. The van der Waals surface area contributed by atoms with Crippen molar-refractivity contribution in [2.45, 2.75) is 56.0 Å². The highest BCUT2D eigenvalue weighted by atomic mass is 35.5. The van der Waals surface area contributed by atoms with E-state index in [2.05, 4.69) is 0 Å². The van der Waals surface area contributed by atoms with Crippen LogP contribution in [0.15, 0.2) is 23.1 Å². The van der Waals surface area contributed by atoms with E-state index in [9.17, 15) is 22.8 Å². The number of carbonyl (C=O) groups excluding carboxylic acids is 3. The fourth-order valence-corrected chi connectivity index (χ4v) is 7.39. The van der Waals surface area contributed by atoms with E-state index in [4.69, 9.17) is 32.1 Å². The molecule has 3 rings (SSSR count). The molecule has 10 nitrogen and oxygen atoms in total. The molecular formula is C23H28ClN3O7S. The number of halogens is 1. The number of primary amides is 1. The maximum absolute atomic E-state index is 13.7. The first kappa shape index (κ1) is 26.9. The molecular weight excluding hydrogens is 498 g/mol. The van der Waals surface area contributed by atoms with Crippen LogP contribution in [0.5, 0.6) is 0 Å². The number of nitrogens with zero attached hydrogens (tertiary/aromatic N) is 2. The van der Waals surface area contributed by atoms with Crippen molar-refractivity contribution >= 4 is 39.2 Å². The second-order valence-corrected chi connectivity index (χ2v) is 11.8. The summed E-state index contributed by atoms with van der Waals surface area (Å²) in [6.45, 7) is 4.88. The quantitative estimate of drug-likeness (QED) is 0.431. The number of carbonyl (C=O) groups is 3. The molecule has 1 aromatic rings. The van der Waals surface area contributed by atoms with Gasteiger partial charge in [0.25, 0.3) is 0 Å². The Balaban J connectivity index is 2.08. The molecule has 0 radical (unpaired) electrons. The van der Waals surface area contributed by atoms with Crippen LogP contribution >= 0.6 is 11.6 Å². The third kappa shape index (κ3) is 5.01. The van der Waals surface area contributed by atoms with Gasteiger partial charge in [-0.1, -0.05) is 11.6 Å². The monoisotopic (exact) mass is 525 g/mol. The van der Waals surface area contributed by atoms with Gasteiger partial charge in [-0.25, -0.2) is 8.42 Å². The summed E-state index contributed by atoms with van der Waals surface area (Å²) in [4.78, 5) is 41.1. The molecule has 2 amide bonds. The Morgan fingerprint density at radius 2 is 1.91 bits per heavy atom. The average molecular weight is 526 g/mol. The zero-order valence-corrected chi connectivity index (χ0v) is 21.3. The van der Waals surface area contributed by atoms with E-state index < -0.39 is 57.2 Å². The second-order valence-electron chi connectivity index (χ2n) is 9.14. The van der Waals surface area contributed by atoms with Crippen LogP contribution in [0.3, 0.4) is 0 Å². The number of esters is 1. The minimum atomic E-state index is -4.10. The summed E-state index contributed by atoms with van der Waals surface area (Å²) in [5.74, 6) is -4.30. The minimum absolute atomic E-state index is 0.0163. The predicted octanol–water partition coefficient (Wildman–Crippen LogP) is 1.38. The third-order valence-electron chi connectivity index (χ3n) is 6.63. The normalized spacial score (nSPS) is 28.8. The first-order chi connectivity index (χ1) is 16.3. The molecule has 2 fully saturated rings. The molecule has 0 spiro atoms. The van der Waals surface area contributed by atoms with Gasteiger partial charge in [0.2, 0.25) is 11.8 Å². The summed E-state index contributed by atoms with van der Waals surface area (Å²) < 4.78 is 37.8. The highest BCUT2D eigenvalue weighted by Gasteiger charge is 2.64. The van der Waals surface area contributed by atoms with E-state index >= 15 is 0 Å². The number of amides is 2. The number of morpholine rings is 1. The fourth-order valence-electron chi connectivity index (χ4n) is 5.11. The van der Waals surface area contributed by atoms with Crippen LogP contribution in [0, 0.1) is 29.6 Å². The average Bonchev–Trinajstić information content (AvgIpc) is 3.19. The Morgan fingerprint density at radius 1 is 1.29 bits per heavy atom. The largest absolute Gasteiger partial charge is 0.449 e. The van der Waals surface area contributed by atoms with Gasteiger partial charge in [0.15, 0.2) is 21.9 Å². The second kappa shape index (κ2) is 10.1. The van der Waals surface area contributed by atoms with Crippen LogP contribution in [0.2, 0.25) is 5.02 Å². The van der Waals surface area contributed by atoms with Crippen LogP contribution in [0.1, 0.15) is 32.3 Å². The van der Waals surface area contributed by atoms with Gasteiger partial charge < -0.3 is 20.1 Å². The van der Waals surface area contributed by atoms with Crippen molar-refractivity contribution in [1.29, 1.82) is 5.26 Å². The third-order valence-corrected chi connectivity index (χ3v) is 9.17. The Morgan fingerprint density at radius 3 is 2.46 bits per heavy atom. The highest BCUT2D eigenvalue weighted by molar-refractivity contribution is 7.92. The van der Waals surface area contributed by atoms with Crippen LogP contribution in [-0.4, -0.2) is 68.3 Å². The molecule has 1 aliphatic heterocycles. The lowest BCUT2D eigenvalue weighted by molar-refractivity contribution is -0.169. The van der Waals surface area contributed by atoms with Gasteiger partial charge >= 0.3 is 5.97 Å². The fraction of sp³-hybridized carbons (Fsp3) is 0.565. The molecule has 1 saturated carbocycles. The number of rotatable bonds is 6. The topological polar surface area (TPSA) is 157 Å². The molecule has 1 aliphatic carbocycles. The molecule has 5 atom stereocenters. The van der Waals surface area contributed by atoms with Crippen molar-refractivity contribution < 1.29 is 32.3 Å². The van der Waals surface area contributed by atoms with Gasteiger partial charge in [-0.05, 0) is 57.4 Å². The van der Waals surface area contributed by atoms with Gasteiger partial charge in [-0.3, -0.25) is 14.4 Å². The number of hydrogen-bond donors (Lipinski definition) is 1. The summed E-state index contributed by atoms with van der Waals surface area (Å²) in [5, 5.41) is 7.94. The van der Waals surface area contributed by atoms with E-state index in [1.165, 1.54) is 23.1 Å². The van der Waals surface area contributed by atoms with E-state index in [1.807, 2.05) is 0 Å². The molecule has 2 N–H and O–H groups in total. The number of nitriles is 1. The van der Waals surface area contributed by atoms with Crippen molar-refractivity contribution in [2.24, 2.45) is 17.1 Å². The number of nitrogens with two attached hydrogens (primary N) is 1. The molecule has 1 saturated heterocycles. The zero-order chi connectivity index (χ0) is 26.1. The van der Waals surface area contributed by atoms with Crippen molar-refractivity contribution in [3.8, 4) is 6.07 Å². The minimum Gasteiger partial charge on any atom is -0.449 e. The van der Waals surface area contributed by atoms with Crippen molar-refractivity contribution in [3.05, 3.63) is 28.8 Å². The lowest BCUT2D eigenvalue weighted by atomic mass is 9.76. The Kier molecular flexibility index (Phi) is 7.79. The molecule has 1 heterocycles. The van der Waals surface area contributed by atoms with Crippen molar-refractivity contribution in [2.75, 3.05) is 19.7 Å². The summed E-state index contributed by atoms with van der Waals surface area (Å²) >= 11 is 5.97. The number of ether oxygens (including phenoxy) is 2. The Labute approximate surface area is 209 Å². The summed E-state index contributed by atoms with van der Waals surface area (Å²) in [6, 6.07) is 5.91. The molecule has 35 heavy (non-hydrogen) atoms. The maximum Gasteiger partial charge on any atom is 0.323 e. The van der Waals surface area contributed by atoms with E-state index in [0.29, 0.717) is 10.6 Å². The number of hydrogen-bond acceptors (Lipinski definition) is 8. The van der Waals surface area contributed by atoms with Crippen molar-refractivity contribution in [3.63, 3.8) is 0 Å². The van der Waals surface area contributed by atoms with Gasteiger partial charge in [0.1, 0.15) is 6.07 Å². The lowest BCUT2D eigenvalue weighted by Gasteiger charge is -2.39. The van der Waals surface area contributed by atoms with Gasteiger partial charge in [0, 0.05) is 18.1 Å². The summed E-state index contributed by atoms with van der Waals surface area (Å²) in [5.41, 5.74) is 3.83. The van der Waals surface area contributed by atoms with Gasteiger partial charge in [0.05, 0.1) is 28.3 Å². The van der Waals surface area contributed by atoms with Crippen molar-refractivity contribution in [1.82, 2.24) is 4.90 Å². The first-order valence-electron chi connectivity index (χ1n) is 11.1. The molecule has 0 unspecified atom stereocenters. The zero-order valence-electron chi connectivity index (χ0n) is 19.7. The van der Waals surface area contributed by atoms with Crippen LogP contribution in [-0.2, 0) is 33.7 Å². The van der Waals surface area contributed by atoms with E-state index in [0.717, 1.165) is 0 Å². The van der Waals surface area contributed by atoms with Crippen LogP contribution < -0.4 is 5.73 Å². The number of sulfone groups is 1. The first-order valence-corrected chi connectivity index (χ1v) is 13.0. The smallest absolute Gasteiger partial charge is 0.323 e. The molecule has 2 aliphatic rings. The maximum atomic E-state index is 13.7. The van der Waals surface area contributed by atoms with E-state index in [-0.39, 0.29) is 36.6 Å². The molecule has 1 aromatic carbocycles. The summed E-state index contributed by atoms with van der Waals surface area (Å²) in [6.07, 6.45) is -1.45. The molecule has 12 heteroatoms. The molecule has 0 bridgehead atoms. The Bertz CT molecular complexity index is 1170.